The SMILES string of the molecule is CSc1ncc(C#CCCC2(C(=O)OC(C)(C)C)CC2)cn1. The Labute approximate surface area is 136 Å². The molecule has 0 atom stereocenters. The van der Waals surface area contributed by atoms with Crippen LogP contribution in [0.4, 0.5) is 0 Å². The Morgan fingerprint density at radius 3 is 2.50 bits per heavy atom. The van der Waals surface area contributed by atoms with E-state index in [0.717, 1.165) is 30.0 Å². The summed E-state index contributed by atoms with van der Waals surface area (Å²) in [5.74, 6) is 6.08. The summed E-state index contributed by atoms with van der Waals surface area (Å²) in [6.07, 6.45) is 8.66. The molecular formula is C17H22N2O2S. The van der Waals surface area contributed by atoms with Gasteiger partial charge in [0.25, 0.3) is 0 Å². The summed E-state index contributed by atoms with van der Waals surface area (Å²) >= 11 is 1.50. The van der Waals surface area contributed by atoms with Crippen LogP contribution in [0.15, 0.2) is 17.6 Å². The van der Waals surface area contributed by atoms with E-state index in [4.69, 9.17) is 4.74 Å². The Morgan fingerprint density at radius 2 is 2.00 bits per heavy atom. The molecule has 1 aliphatic carbocycles. The van der Waals surface area contributed by atoms with Gasteiger partial charge in [0.1, 0.15) is 5.60 Å². The molecule has 118 valence electrons. The summed E-state index contributed by atoms with van der Waals surface area (Å²) in [4.78, 5) is 20.5. The topological polar surface area (TPSA) is 52.1 Å². The number of rotatable bonds is 4. The predicted octanol–water partition coefficient (Wildman–Crippen LogP) is 3.45. The fraction of sp³-hybridized carbons (Fsp3) is 0.588. The maximum absolute atomic E-state index is 12.2. The van der Waals surface area contributed by atoms with Crippen molar-refractivity contribution < 1.29 is 9.53 Å². The summed E-state index contributed by atoms with van der Waals surface area (Å²) < 4.78 is 5.50. The second-order valence-electron chi connectivity index (χ2n) is 6.54. The zero-order chi connectivity index (χ0) is 16.2. The van der Waals surface area contributed by atoms with E-state index < -0.39 is 5.60 Å². The molecule has 5 heteroatoms. The maximum Gasteiger partial charge on any atom is 0.312 e. The lowest BCUT2D eigenvalue weighted by Gasteiger charge is -2.23. The van der Waals surface area contributed by atoms with Gasteiger partial charge in [0.2, 0.25) is 0 Å². The third kappa shape index (κ3) is 4.74. The molecule has 1 heterocycles. The van der Waals surface area contributed by atoms with Crippen LogP contribution >= 0.6 is 11.8 Å². The largest absolute Gasteiger partial charge is 0.460 e. The van der Waals surface area contributed by atoms with E-state index in [1.54, 1.807) is 12.4 Å². The van der Waals surface area contributed by atoms with Crippen LogP contribution < -0.4 is 0 Å². The molecular weight excluding hydrogens is 296 g/mol. The molecule has 1 aromatic heterocycles. The van der Waals surface area contributed by atoms with Gasteiger partial charge in [0, 0.05) is 18.8 Å². The molecule has 1 saturated carbocycles. The number of nitrogens with zero attached hydrogens (tertiary/aromatic N) is 2. The van der Waals surface area contributed by atoms with E-state index in [2.05, 4.69) is 21.8 Å². The highest BCUT2D eigenvalue weighted by Crippen LogP contribution is 2.51. The van der Waals surface area contributed by atoms with Gasteiger partial charge in [-0.3, -0.25) is 4.79 Å². The highest BCUT2D eigenvalue weighted by Gasteiger charge is 2.51. The van der Waals surface area contributed by atoms with Gasteiger partial charge in [-0.05, 0) is 46.3 Å². The molecule has 0 amide bonds. The monoisotopic (exact) mass is 318 g/mol. The molecule has 0 spiro atoms. The number of hydrogen-bond acceptors (Lipinski definition) is 5. The van der Waals surface area contributed by atoms with Gasteiger partial charge in [0.15, 0.2) is 5.16 Å². The Balaban J connectivity index is 1.86. The van der Waals surface area contributed by atoms with Gasteiger partial charge in [-0.1, -0.05) is 23.6 Å². The second kappa shape index (κ2) is 6.70. The first-order valence-electron chi connectivity index (χ1n) is 7.43. The number of esters is 1. The maximum atomic E-state index is 12.2. The van der Waals surface area contributed by atoms with Crippen LogP contribution in [0.5, 0.6) is 0 Å². The lowest BCUT2D eigenvalue weighted by Crippen LogP contribution is -2.29. The number of carbonyl (C=O) groups is 1. The quantitative estimate of drug-likeness (QED) is 0.368. The Kier molecular flexibility index (Phi) is 5.12. The first-order valence-corrected chi connectivity index (χ1v) is 8.65. The highest BCUT2D eigenvalue weighted by atomic mass is 32.2. The van der Waals surface area contributed by atoms with Crippen LogP contribution in [0.3, 0.4) is 0 Å². The van der Waals surface area contributed by atoms with Crippen LogP contribution in [0.2, 0.25) is 0 Å². The van der Waals surface area contributed by atoms with Crippen molar-refractivity contribution in [3.05, 3.63) is 18.0 Å². The van der Waals surface area contributed by atoms with Gasteiger partial charge in [-0.25, -0.2) is 9.97 Å². The second-order valence-corrected chi connectivity index (χ2v) is 7.32. The highest BCUT2D eigenvalue weighted by molar-refractivity contribution is 7.98. The van der Waals surface area contributed by atoms with E-state index in [-0.39, 0.29) is 11.4 Å². The summed E-state index contributed by atoms with van der Waals surface area (Å²) in [6.45, 7) is 5.71. The van der Waals surface area contributed by atoms with Crippen LogP contribution in [0, 0.1) is 17.3 Å². The number of aromatic nitrogens is 2. The minimum Gasteiger partial charge on any atom is -0.460 e. The molecule has 0 unspecified atom stereocenters. The van der Waals surface area contributed by atoms with Gasteiger partial charge >= 0.3 is 5.97 Å². The van der Waals surface area contributed by atoms with Crippen molar-refractivity contribution in [2.75, 3.05) is 6.26 Å². The molecule has 1 fully saturated rings. The molecule has 0 radical (unpaired) electrons. The summed E-state index contributed by atoms with van der Waals surface area (Å²) in [5, 5.41) is 0.743. The smallest absolute Gasteiger partial charge is 0.312 e. The lowest BCUT2D eigenvalue weighted by atomic mass is 10.00. The Hall–Kier alpha value is -1.54. The zero-order valence-electron chi connectivity index (χ0n) is 13.6. The number of thioether (sulfide) groups is 1. The van der Waals surface area contributed by atoms with E-state index in [1.807, 2.05) is 27.0 Å². The van der Waals surface area contributed by atoms with Crippen molar-refractivity contribution in [3.63, 3.8) is 0 Å². The first-order chi connectivity index (χ1) is 10.3. The average Bonchev–Trinajstić information content (AvgIpc) is 3.24. The number of ether oxygens (including phenoxy) is 1. The van der Waals surface area contributed by atoms with E-state index in [1.165, 1.54) is 11.8 Å². The Morgan fingerprint density at radius 1 is 1.36 bits per heavy atom. The van der Waals surface area contributed by atoms with Crippen molar-refractivity contribution >= 4 is 17.7 Å². The van der Waals surface area contributed by atoms with E-state index in [9.17, 15) is 4.79 Å². The lowest BCUT2D eigenvalue weighted by molar-refractivity contribution is -0.162. The van der Waals surface area contributed by atoms with Crippen molar-refractivity contribution in [2.24, 2.45) is 5.41 Å². The molecule has 0 saturated heterocycles. The molecule has 2 rings (SSSR count). The molecule has 22 heavy (non-hydrogen) atoms. The molecule has 0 aromatic carbocycles. The predicted molar refractivity (Wildman–Crippen MR) is 87.4 cm³/mol. The minimum absolute atomic E-state index is 0.0746. The van der Waals surface area contributed by atoms with Crippen LogP contribution in [0.25, 0.3) is 0 Å². The standard InChI is InChI=1S/C17H22N2O2S/c1-16(2,3)21-14(20)17(9-10-17)8-6-5-7-13-11-18-15(22-4)19-12-13/h11-12H,6,8-10H2,1-4H3. The molecule has 0 aliphatic heterocycles. The van der Waals surface area contributed by atoms with Crippen LogP contribution in [-0.4, -0.2) is 27.8 Å². The van der Waals surface area contributed by atoms with Crippen LogP contribution in [0.1, 0.15) is 52.0 Å². The molecule has 1 aliphatic rings. The summed E-state index contributed by atoms with van der Waals surface area (Å²) in [6, 6.07) is 0. The fourth-order valence-corrected chi connectivity index (χ4v) is 2.36. The van der Waals surface area contributed by atoms with Crippen molar-refractivity contribution in [2.45, 2.75) is 57.2 Å². The fourth-order valence-electron chi connectivity index (χ4n) is 2.05. The third-order valence-corrected chi connectivity index (χ3v) is 4.03. The average molecular weight is 318 g/mol. The van der Waals surface area contributed by atoms with Gasteiger partial charge < -0.3 is 4.74 Å². The number of hydrogen-bond donors (Lipinski definition) is 0. The van der Waals surface area contributed by atoms with Crippen molar-refractivity contribution in [1.82, 2.24) is 9.97 Å². The normalized spacial score (nSPS) is 15.6. The summed E-state index contributed by atoms with van der Waals surface area (Å²) in [5.41, 5.74) is 0.0931. The van der Waals surface area contributed by atoms with E-state index in [0.29, 0.717) is 6.42 Å². The molecule has 0 N–H and O–H groups in total. The van der Waals surface area contributed by atoms with Gasteiger partial charge in [0.05, 0.1) is 11.0 Å². The first kappa shape index (κ1) is 16.8. The number of carbonyl (C=O) groups excluding carboxylic acids is 1. The summed E-state index contributed by atoms with van der Waals surface area (Å²) in [7, 11) is 0. The molecule has 4 nitrogen and oxygen atoms in total. The zero-order valence-corrected chi connectivity index (χ0v) is 14.4. The third-order valence-electron chi connectivity index (χ3n) is 3.46. The minimum atomic E-state index is -0.422. The van der Waals surface area contributed by atoms with Gasteiger partial charge in [-0.15, -0.1) is 0 Å². The van der Waals surface area contributed by atoms with Crippen LogP contribution in [-0.2, 0) is 9.53 Å². The molecule has 0 bridgehead atoms. The van der Waals surface area contributed by atoms with Gasteiger partial charge in [-0.2, -0.15) is 0 Å². The van der Waals surface area contributed by atoms with E-state index >= 15 is 0 Å². The molecule has 1 aromatic rings. The van der Waals surface area contributed by atoms with Crippen molar-refractivity contribution in [1.29, 1.82) is 0 Å². The Bertz CT molecular complexity index is 590. The van der Waals surface area contributed by atoms with Crippen molar-refractivity contribution in [3.8, 4) is 11.8 Å².